The SMILES string of the molecule is CC(F)(F)CCN1CC(N)C1. The van der Waals surface area contributed by atoms with Crippen LogP contribution in [0.4, 0.5) is 8.78 Å². The molecule has 2 nitrogen and oxygen atoms in total. The van der Waals surface area contributed by atoms with Crippen molar-refractivity contribution in [3.05, 3.63) is 0 Å². The summed E-state index contributed by atoms with van der Waals surface area (Å²) in [6, 6.07) is 0.209. The molecule has 1 aliphatic rings. The van der Waals surface area contributed by atoms with E-state index in [2.05, 4.69) is 0 Å². The van der Waals surface area contributed by atoms with Gasteiger partial charge in [0.15, 0.2) is 0 Å². The summed E-state index contributed by atoms with van der Waals surface area (Å²) in [4.78, 5) is 1.95. The maximum absolute atomic E-state index is 12.3. The van der Waals surface area contributed by atoms with E-state index < -0.39 is 5.92 Å². The van der Waals surface area contributed by atoms with Gasteiger partial charge in [-0.15, -0.1) is 0 Å². The van der Waals surface area contributed by atoms with Gasteiger partial charge in [0.2, 0.25) is 5.92 Å². The molecule has 1 aliphatic heterocycles. The first-order valence-corrected chi connectivity index (χ1v) is 3.83. The van der Waals surface area contributed by atoms with Crippen molar-refractivity contribution in [2.45, 2.75) is 25.3 Å². The minimum absolute atomic E-state index is 0.0558. The summed E-state index contributed by atoms with van der Waals surface area (Å²) in [6.45, 7) is 2.97. The van der Waals surface area contributed by atoms with Gasteiger partial charge < -0.3 is 5.73 Å². The molecule has 0 aromatic rings. The molecule has 66 valence electrons. The molecule has 2 N–H and O–H groups in total. The number of hydrogen-bond acceptors (Lipinski definition) is 2. The van der Waals surface area contributed by atoms with Gasteiger partial charge in [0.1, 0.15) is 0 Å². The minimum atomic E-state index is -2.53. The van der Waals surface area contributed by atoms with E-state index in [0.29, 0.717) is 6.54 Å². The average Bonchev–Trinajstić information content (AvgIpc) is 1.75. The highest BCUT2D eigenvalue weighted by Gasteiger charge is 2.27. The molecule has 0 aromatic heterocycles. The molecule has 0 aromatic carbocycles. The van der Waals surface area contributed by atoms with Crippen LogP contribution in [-0.4, -0.2) is 36.5 Å². The van der Waals surface area contributed by atoms with Crippen molar-refractivity contribution in [2.75, 3.05) is 19.6 Å². The average molecular weight is 164 g/mol. The molecule has 0 atom stereocenters. The Morgan fingerprint density at radius 3 is 2.45 bits per heavy atom. The lowest BCUT2D eigenvalue weighted by Crippen LogP contribution is -2.56. The quantitative estimate of drug-likeness (QED) is 0.664. The molecule has 0 bridgehead atoms. The molecule has 11 heavy (non-hydrogen) atoms. The summed E-state index contributed by atoms with van der Waals surface area (Å²) in [7, 11) is 0. The van der Waals surface area contributed by atoms with E-state index in [4.69, 9.17) is 5.73 Å². The van der Waals surface area contributed by atoms with Crippen LogP contribution in [0.1, 0.15) is 13.3 Å². The molecule has 0 aliphatic carbocycles. The molecule has 4 heteroatoms. The third kappa shape index (κ3) is 3.12. The monoisotopic (exact) mass is 164 g/mol. The van der Waals surface area contributed by atoms with Gasteiger partial charge in [0, 0.05) is 32.1 Å². The lowest BCUT2D eigenvalue weighted by molar-refractivity contribution is -0.00490. The second-order valence-corrected chi connectivity index (χ2v) is 3.34. The summed E-state index contributed by atoms with van der Waals surface area (Å²) in [5.74, 6) is -2.53. The van der Waals surface area contributed by atoms with Crippen molar-refractivity contribution >= 4 is 0 Å². The minimum Gasteiger partial charge on any atom is -0.325 e. The molecule has 1 rings (SSSR count). The van der Waals surface area contributed by atoms with E-state index in [-0.39, 0.29) is 12.5 Å². The summed E-state index contributed by atoms with van der Waals surface area (Å²) in [5, 5.41) is 0. The van der Waals surface area contributed by atoms with Crippen molar-refractivity contribution in [2.24, 2.45) is 5.73 Å². The van der Waals surface area contributed by atoms with Crippen LogP contribution in [0, 0.1) is 0 Å². The van der Waals surface area contributed by atoms with Crippen LogP contribution in [0.5, 0.6) is 0 Å². The van der Waals surface area contributed by atoms with Gasteiger partial charge in [-0.25, -0.2) is 8.78 Å². The maximum atomic E-state index is 12.3. The Morgan fingerprint density at radius 2 is 2.09 bits per heavy atom. The zero-order valence-corrected chi connectivity index (χ0v) is 6.69. The van der Waals surface area contributed by atoms with Crippen molar-refractivity contribution in [3.63, 3.8) is 0 Å². The Labute approximate surface area is 65.4 Å². The van der Waals surface area contributed by atoms with E-state index in [0.717, 1.165) is 20.0 Å². The van der Waals surface area contributed by atoms with Gasteiger partial charge >= 0.3 is 0 Å². The first kappa shape index (κ1) is 8.87. The zero-order chi connectivity index (χ0) is 8.48. The summed E-state index contributed by atoms with van der Waals surface area (Å²) in [6.07, 6.45) is -0.0558. The van der Waals surface area contributed by atoms with Crippen LogP contribution >= 0.6 is 0 Å². The van der Waals surface area contributed by atoms with E-state index in [1.165, 1.54) is 0 Å². The number of nitrogens with zero attached hydrogens (tertiary/aromatic N) is 1. The van der Waals surface area contributed by atoms with Gasteiger partial charge in [-0.2, -0.15) is 0 Å². The number of alkyl halides is 2. The summed E-state index contributed by atoms with van der Waals surface area (Å²) in [5.41, 5.74) is 5.48. The predicted molar refractivity (Wildman–Crippen MR) is 39.7 cm³/mol. The van der Waals surface area contributed by atoms with E-state index in [1.54, 1.807) is 0 Å². The van der Waals surface area contributed by atoms with Crippen molar-refractivity contribution in [1.82, 2.24) is 4.90 Å². The highest BCUT2D eigenvalue weighted by atomic mass is 19.3. The van der Waals surface area contributed by atoms with Gasteiger partial charge in [-0.1, -0.05) is 0 Å². The van der Waals surface area contributed by atoms with Gasteiger partial charge in [-0.3, -0.25) is 4.90 Å². The van der Waals surface area contributed by atoms with Crippen LogP contribution in [-0.2, 0) is 0 Å². The third-order valence-electron chi connectivity index (χ3n) is 1.85. The standard InChI is InChI=1S/C7H14F2N2/c1-7(8,9)2-3-11-4-6(10)5-11/h6H,2-5,10H2,1H3. The van der Waals surface area contributed by atoms with Crippen molar-refractivity contribution < 1.29 is 8.78 Å². The second kappa shape index (κ2) is 3.03. The first-order valence-electron chi connectivity index (χ1n) is 3.83. The van der Waals surface area contributed by atoms with E-state index >= 15 is 0 Å². The van der Waals surface area contributed by atoms with Gasteiger partial charge in [0.25, 0.3) is 0 Å². The Kier molecular flexibility index (Phi) is 2.44. The lowest BCUT2D eigenvalue weighted by Gasteiger charge is -2.37. The molecule has 1 fully saturated rings. The Balaban J connectivity index is 2.05. The van der Waals surface area contributed by atoms with E-state index in [1.807, 2.05) is 4.90 Å². The number of hydrogen-bond donors (Lipinski definition) is 1. The number of nitrogens with two attached hydrogens (primary N) is 1. The summed E-state index contributed by atoms with van der Waals surface area (Å²) < 4.78 is 24.6. The molecule has 0 radical (unpaired) electrons. The maximum Gasteiger partial charge on any atom is 0.246 e. The van der Waals surface area contributed by atoms with Crippen LogP contribution in [0.25, 0.3) is 0 Å². The Morgan fingerprint density at radius 1 is 1.55 bits per heavy atom. The molecule has 1 heterocycles. The lowest BCUT2D eigenvalue weighted by atomic mass is 10.1. The van der Waals surface area contributed by atoms with E-state index in [9.17, 15) is 8.78 Å². The van der Waals surface area contributed by atoms with Gasteiger partial charge in [0.05, 0.1) is 0 Å². The van der Waals surface area contributed by atoms with Gasteiger partial charge in [-0.05, 0) is 6.92 Å². The largest absolute Gasteiger partial charge is 0.325 e. The van der Waals surface area contributed by atoms with Crippen molar-refractivity contribution in [3.8, 4) is 0 Å². The topological polar surface area (TPSA) is 29.3 Å². The smallest absolute Gasteiger partial charge is 0.246 e. The van der Waals surface area contributed by atoms with Crippen LogP contribution in [0.2, 0.25) is 0 Å². The van der Waals surface area contributed by atoms with Crippen molar-refractivity contribution in [1.29, 1.82) is 0 Å². The number of likely N-dealkylation sites (tertiary alicyclic amines) is 1. The molecule has 0 spiro atoms. The molecule has 0 amide bonds. The molecular formula is C7H14F2N2. The number of rotatable bonds is 3. The fraction of sp³-hybridized carbons (Fsp3) is 1.00. The fourth-order valence-electron chi connectivity index (χ4n) is 1.15. The number of halogens is 2. The zero-order valence-electron chi connectivity index (χ0n) is 6.69. The second-order valence-electron chi connectivity index (χ2n) is 3.34. The third-order valence-corrected chi connectivity index (χ3v) is 1.85. The fourth-order valence-corrected chi connectivity index (χ4v) is 1.15. The summed E-state index contributed by atoms with van der Waals surface area (Å²) >= 11 is 0. The molecule has 0 unspecified atom stereocenters. The first-order chi connectivity index (χ1) is 4.97. The Bertz CT molecular complexity index is 127. The molecule has 1 saturated heterocycles. The normalized spacial score (nSPS) is 21.8. The van der Waals surface area contributed by atoms with Crippen LogP contribution < -0.4 is 5.73 Å². The highest BCUT2D eigenvalue weighted by Crippen LogP contribution is 2.18. The van der Waals surface area contributed by atoms with Crippen LogP contribution in [0.15, 0.2) is 0 Å². The highest BCUT2D eigenvalue weighted by molar-refractivity contribution is 4.82. The Hall–Kier alpha value is -0.220. The molecular weight excluding hydrogens is 150 g/mol. The predicted octanol–water partition coefficient (Wildman–Crippen LogP) is 0.675. The van der Waals surface area contributed by atoms with Crippen LogP contribution in [0.3, 0.4) is 0 Å². The molecule has 0 saturated carbocycles.